The van der Waals surface area contributed by atoms with Gasteiger partial charge in [0.25, 0.3) is 0 Å². The first kappa shape index (κ1) is 13.2. The molecule has 3 nitrogen and oxygen atoms in total. The minimum Gasteiger partial charge on any atom is -0.384 e. The van der Waals surface area contributed by atoms with E-state index in [0.29, 0.717) is 5.82 Å². The SMILES string of the molecule is Nc1ccc(Nc2ccccc2Cc2ccccc2)cn1. The van der Waals surface area contributed by atoms with Crippen LogP contribution in [-0.2, 0) is 6.42 Å². The van der Waals surface area contributed by atoms with E-state index in [1.807, 2.05) is 18.2 Å². The lowest BCUT2D eigenvalue weighted by Gasteiger charge is -2.12. The molecule has 0 atom stereocenters. The maximum atomic E-state index is 5.61. The zero-order valence-corrected chi connectivity index (χ0v) is 11.7. The summed E-state index contributed by atoms with van der Waals surface area (Å²) in [5, 5.41) is 3.40. The molecule has 0 aliphatic carbocycles. The Hall–Kier alpha value is -2.81. The summed E-state index contributed by atoms with van der Waals surface area (Å²) in [6, 6.07) is 22.5. The molecule has 3 N–H and O–H groups in total. The fraction of sp³-hybridized carbons (Fsp3) is 0.0556. The molecule has 0 spiro atoms. The van der Waals surface area contributed by atoms with Crippen LogP contribution in [-0.4, -0.2) is 4.98 Å². The molecule has 0 fully saturated rings. The maximum absolute atomic E-state index is 5.61. The Bertz CT molecular complexity index is 706. The highest BCUT2D eigenvalue weighted by Gasteiger charge is 2.03. The van der Waals surface area contributed by atoms with Gasteiger partial charge < -0.3 is 11.1 Å². The largest absolute Gasteiger partial charge is 0.384 e. The predicted octanol–water partition coefficient (Wildman–Crippen LogP) is 4.00. The van der Waals surface area contributed by atoms with Crippen LogP contribution in [0.5, 0.6) is 0 Å². The molecule has 0 radical (unpaired) electrons. The summed E-state index contributed by atoms with van der Waals surface area (Å²) in [7, 11) is 0. The summed E-state index contributed by atoms with van der Waals surface area (Å²) in [4.78, 5) is 4.10. The smallest absolute Gasteiger partial charge is 0.123 e. The molecule has 1 heterocycles. The van der Waals surface area contributed by atoms with E-state index in [9.17, 15) is 0 Å². The normalized spacial score (nSPS) is 10.3. The van der Waals surface area contributed by atoms with Crippen molar-refractivity contribution in [3.63, 3.8) is 0 Å². The Labute approximate surface area is 124 Å². The van der Waals surface area contributed by atoms with Gasteiger partial charge in [0.15, 0.2) is 0 Å². The summed E-state index contributed by atoms with van der Waals surface area (Å²) >= 11 is 0. The van der Waals surface area contributed by atoms with Crippen molar-refractivity contribution in [2.45, 2.75) is 6.42 Å². The van der Waals surface area contributed by atoms with E-state index >= 15 is 0 Å². The molecular weight excluding hydrogens is 258 g/mol. The number of hydrogen-bond acceptors (Lipinski definition) is 3. The molecule has 21 heavy (non-hydrogen) atoms. The van der Waals surface area contributed by atoms with Crippen LogP contribution in [0.1, 0.15) is 11.1 Å². The van der Waals surface area contributed by atoms with Crippen molar-refractivity contribution in [1.29, 1.82) is 0 Å². The molecule has 0 aliphatic rings. The van der Waals surface area contributed by atoms with E-state index in [4.69, 9.17) is 5.73 Å². The average molecular weight is 275 g/mol. The number of nitrogen functional groups attached to an aromatic ring is 1. The quantitative estimate of drug-likeness (QED) is 0.756. The van der Waals surface area contributed by atoms with Crippen molar-refractivity contribution in [3.05, 3.63) is 84.1 Å². The lowest BCUT2D eigenvalue weighted by atomic mass is 10.0. The van der Waals surface area contributed by atoms with Gasteiger partial charge in [-0.05, 0) is 35.7 Å². The van der Waals surface area contributed by atoms with Crippen molar-refractivity contribution in [2.75, 3.05) is 11.1 Å². The summed E-state index contributed by atoms with van der Waals surface area (Å²) in [6.45, 7) is 0. The van der Waals surface area contributed by atoms with Gasteiger partial charge in [0.1, 0.15) is 5.82 Å². The minimum absolute atomic E-state index is 0.526. The zero-order chi connectivity index (χ0) is 14.5. The van der Waals surface area contributed by atoms with Crippen molar-refractivity contribution in [1.82, 2.24) is 4.98 Å². The molecular formula is C18H17N3. The van der Waals surface area contributed by atoms with Gasteiger partial charge in [-0.3, -0.25) is 0 Å². The molecule has 3 aromatic rings. The van der Waals surface area contributed by atoms with Gasteiger partial charge in [-0.15, -0.1) is 0 Å². The van der Waals surface area contributed by atoms with E-state index in [2.05, 4.69) is 52.8 Å². The van der Waals surface area contributed by atoms with Gasteiger partial charge in [0.05, 0.1) is 11.9 Å². The molecule has 0 saturated carbocycles. The van der Waals surface area contributed by atoms with Crippen LogP contribution in [0.15, 0.2) is 72.9 Å². The highest BCUT2D eigenvalue weighted by atomic mass is 14.9. The van der Waals surface area contributed by atoms with Crippen LogP contribution < -0.4 is 11.1 Å². The second-order valence-corrected chi connectivity index (χ2v) is 4.92. The lowest BCUT2D eigenvalue weighted by Crippen LogP contribution is -1.98. The standard InChI is InChI=1S/C18H17N3/c19-18-11-10-16(13-20-18)21-17-9-5-4-8-15(17)12-14-6-2-1-3-7-14/h1-11,13,21H,12H2,(H2,19,20). The van der Waals surface area contributed by atoms with Crippen LogP contribution >= 0.6 is 0 Å². The number of hydrogen-bond donors (Lipinski definition) is 2. The number of pyridine rings is 1. The van der Waals surface area contributed by atoms with Crippen molar-refractivity contribution in [3.8, 4) is 0 Å². The summed E-state index contributed by atoms with van der Waals surface area (Å²) < 4.78 is 0. The van der Waals surface area contributed by atoms with Crippen molar-refractivity contribution in [2.24, 2.45) is 0 Å². The fourth-order valence-electron chi connectivity index (χ4n) is 2.25. The highest BCUT2D eigenvalue weighted by molar-refractivity contribution is 5.63. The third kappa shape index (κ3) is 3.39. The molecule has 0 unspecified atom stereocenters. The molecule has 0 bridgehead atoms. The molecule has 3 rings (SSSR count). The second kappa shape index (κ2) is 6.09. The van der Waals surface area contributed by atoms with Crippen LogP contribution in [0, 0.1) is 0 Å². The van der Waals surface area contributed by atoms with E-state index in [0.717, 1.165) is 17.8 Å². The van der Waals surface area contributed by atoms with E-state index < -0.39 is 0 Å². The van der Waals surface area contributed by atoms with Gasteiger partial charge in [-0.1, -0.05) is 48.5 Å². The van der Waals surface area contributed by atoms with Crippen molar-refractivity contribution < 1.29 is 0 Å². The van der Waals surface area contributed by atoms with E-state index in [-0.39, 0.29) is 0 Å². The summed E-state index contributed by atoms with van der Waals surface area (Å²) in [5.41, 5.74) is 10.2. The van der Waals surface area contributed by atoms with Gasteiger partial charge in [-0.2, -0.15) is 0 Å². The zero-order valence-electron chi connectivity index (χ0n) is 11.7. The highest BCUT2D eigenvalue weighted by Crippen LogP contribution is 2.23. The van der Waals surface area contributed by atoms with Crippen LogP contribution in [0.3, 0.4) is 0 Å². The monoisotopic (exact) mass is 275 g/mol. The molecule has 0 saturated heterocycles. The number of nitrogens with zero attached hydrogens (tertiary/aromatic N) is 1. The van der Waals surface area contributed by atoms with Crippen LogP contribution in [0.25, 0.3) is 0 Å². The molecule has 104 valence electrons. The topological polar surface area (TPSA) is 50.9 Å². The van der Waals surface area contributed by atoms with E-state index in [1.54, 1.807) is 12.3 Å². The van der Waals surface area contributed by atoms with Gasteiger partial charge >= 0.3 is 0 Å². The Balaban J connectivity index is 1.84. The van der Waals surface area contributed by atoms with Crippen molar-refractivity contribution >= 4 is 17.2 Å². The first-order valence-electron chi connectivity index (χ1n) is 6.91. The Kier molecular flexibility index (Phi) is 3.83. The number of anilines is 3. The first-order valence-corrected chi connectivity index (χ1v) is 6.91. The fourth-order valence-corrected chi connectivity index (χ4v) is 2.25. The maximum Gasteiger partial charge on any atom is 0.123 e. The number of benzene rings is 2. The Morgan fingerprint density at radius 2 is 1.62 bits per heavy atom. The van der Waals surface area contributed by atoms with Gasteiger partial charge in [0, 0.05) is 5.69 Å². The van der Waals surface area contributed by atoms with Crippen LogP contribution in [0.2, 0.25) is 0 Å². The number of nitrogens with two attached hydrogens (primary N) is 1. The van der Waals surface area contributed by atoms with Gasteiger partial charge in [0.2, 0.25) is 0 Å². The number of rotatable bonds is 4. The Morgan fingerprint density at radius 1 is 0.857 bits per heavy atom. The lowest BCUT2D eigenvalue weighted by molar-refractivity contribution is 1.19. The first-order chi connectivity index (χ1) is 10.3. The predicted molar refractivity (Wildman–Crippen MR) is 87.6 cm³/mol. The minimum atomic E-state index is 0.526. The molecule has 3 heteroatoms. The summed E-state index contributed by atoms with van der Waals surface area (Å²) in [6.07, 6.45) is 2.64. The molecule has 0 amide bonds. The molecule has 2 aromatic carbocycles. The van der Waals surface area contributed by atoms with E-state index in [1.165, 1.54) is 11.1 Å². The van der Waals surface area contributed by atoms with Crippen LogP contribution in [0.4, 0.5) is 17.2 Å². The third-order valence-corrected chi connectivity index (χ3v) is 3.32. The average Bonchev–Trinajstić information content (AvgIpc) is 2.52. The molecule has 0 aliphatic heterocycles. The number of aromatic nitrogens is 1. The third-order valence-electron chi connectivity index (χ3n) is 3.32. The second-order valence-electron chi connectivity index (χ2n) is 4.92. The van der Waals surface area contributed by atoms with Gasteiger partial charge in [-0.25, -0.2) is 4.98 Å². The molecule has 1 aromatic heterocycles. The number of nitrogens with one attached hydrogen (secondary N) is 1. The number of para-hydroxylation sites is 1. The summed E-state index contributed by atoms with van der Waals surface area (Å²) in [5.74, 6) is 0.526. The Morgan fingerprint density at radius 3 is 2.38 bits per heavy atom.